The fourth-order valence-corrected chi connectivity index (χ4v) is 6.21. The Labute approximate surface area is 136 Å². The smallest absolute Gasteiger partial charge is 0.258 e. The number of nitro groups is 1. The molecule has 118 valence electrons. The van der Waals surface area contributed by atoms with Crippen molar-refractivity contribution in [3.05, 3.63) is 20.5 Å². The number of hydrogen-bond acceptors (Lipinski definition) is 6. The number of halogens is 1. The minimum Gasteiger partial charge on any atom is -0.258 e. The van der Waals surface area contributed by atoms with Crippen LogP contribution in [0.5, 0.6) is 0 Å². The number of rotatable bonds is 6. The van der Waals surface area contributed by atoms with Gasteiger partial charge in [0, 0.05) is 17.4 Å². The molecule has 1 heterocycles. The van der Waals surface area contributed by atoms with Crippen molar-refractivity contribution < 1.29 is 13.3 Å². The monoisotopic (exact) mass is 370 g/mol. The van der Waals surface area contributed by atoms with Gasteiger partial charge >= 0.3 is 0 Å². The number of thiophene rings is 1. The van der Waals surface area contributed by atoms with Gasteiger partial charge in [0.15, 0.2) is 4.34 Å². The van der Waals surface area contributed by atoms with Crippen LogP contribution in [0.15, 0.2) is 10.3 Å². The van der Waals surface area contributed by atoms with Crippen LogP contribution >= 0.6 is 34.7 Å². The maximum Gasteiger partial charge on any atom is 0.300 e. The van der Waals surface area contributed by atoms with Crippen molar-refractivity contribution in [2.45, 2.75) is 34.6 Å². The van der Waals surface area contributed by atoms with Crippen molar-refractivity contribution in [3.63, 3.8) is 0 Å². The molecule has 0 bridgehead atoms. The van der Waals surface area contributed by atoms with E-state index in [1.807, 2.05) is 6.26 Å². The van der Waals surface area contributed by atoms with E-state index in [1.165, 1.54) is 0 Å². The summed E-state index contributed by atoms with van der Waals surface area (Å²) in [5.41, 5.74) is -0.373. The van der Waals surface area contributed by atoms with Crippen LogP contribution < -0.4 is 4.72 Å². The van der Waals surface area contributed by atoms with Crippen LogP contribution in [0.1, 0.15) is 25.7 Å². The van der Waals surface area contributed by atoms with Gasteiger partial charge in [-0.2, -0.15) is 11.8 Å². The molecule has 0 amide bonds. The van der Waals surface area contributed by atoms with Crippen molar-refractivity contribution in [1.82, 2.24) is 4.72 Å². The lowest BCUT2D eigenvalue weighted by Gasteiger charge is -2.26. The standard InChI is InChI=1S/C11H15ClN2O4S3/c1-19-11(4-2-3-5-11)7-13-21(17,18)9-6-8(14(15)16)10(12)20-9/h6,13H,2-5,7H2,1H3. The van der Waals surface area contributed by atoms with Gasteiger partial charge in [-0.05, 0) is 19.1 Å². The van der Waals surface area contributed by atoms with Gasteiger partial charge in [-0.15, -0.1) is 11.3 Å². The Kier molecular flexibility index (Phi) is 5.19. The molecule has 0 aromatic carbocycles. The highest BCUT2D eigenvalue weighted by atomic mass is 35.5. The highest BCUT2D eigenvalue weighted by Crippen LogP contribution is 2.40. The Morgan fingerprint density at radius 1 is 1.52 bits per heavy atom. The topological polar surface area (TPSA) is 89.3 Å². The molecule has 0 spiro atoms. The number of nitrogens with zero attached hydrogens (tertiary/aromatic N) is 1. The average molecular weight is 371 g/mol. The van der Waals surface area contributed by atoms with Gasteiger partial charge in [0.1, 0.15) is 4.21 Å². The van der Waals surface area contributed by atoms with E-state index in [9.17, 15) is 18.5 Å². The van der Waals surface area contributed by atoms with Crippen LogP contribution in [0.3, 0.4) is 0 Å². The van der Waals surface area contributed by atoms with E-state index in [1.54, 1.807) is 11.8 Å². The lowest BCUT2D eigenvalue weighted by Crippen LogP contribution is -2.38. The molecule has 1 aromatic heterocycles. The second-order valence-electron chi connectivity index (χ2n) is 4.90. The molecule has 10 heteroatoms. The summed E-state index contributed by atoms with van der Waals surface area (Å²) in [4.78, 5) is 10.1. The summed E-state index contributed by atoms with van der Waals surface area (Å²) >= 11 is 8.08. The predicted octanol–water partition coefficient (Wildman–Crippen LogP) is 3.26. The lowest BCUT2D eigenvalue weighted by atomic mass is 10.1. The van der Waals surface area contributed by atoms with Crippen LogP contribution in [0, 0.1) is 10.1 Å². The normalized spacial score (nSPS) is 18.0. The summed E-state index contributed by atoms with van der Waals surface area (Å²) in [6.45, 7) is 0.333. The van der Waals surface area contributed by atoms with Crippen molar-refractivity contribution in [3.8, 4) is 0 Å². The third-order valence-electron chi connectivity index (χ3n) is 3.64. The van der Waals surface area contributed by atoms with Crippen LogP contribution in [0.4, 0.5) is 5.69 Å². The zero-order valence-corrected chi connectivity index (χ0v) is 14.5. The summed E-state index contributed by atoms with van der Waals surface area (Å²) in [5, 5.41) is 10.7. The zero-order chi connectivity index (χ0) is 15.7. The van der Waals surface area contributed by atoms with Crippen molar-refractivity contribution >= 4 is 50.4 Å². The third kappa shape index (κ3) is 3.70. The summed E-state index contributed by atoms with van der Waals surface area (Å²) in [6, 6.07) is 1.01. The van der Waals surface area contributed by atoms with Crippen molar-refractivity contribution in [2.24, 2.45) is 0 Å². The summed E-state index contributed by atoms with van der Waals surface area (Å²) < 4.78 is 26.7. The molecule has 2 rings (SSSR count). The molecule has 6 nitrogen and oxygen atoms in total. The molecule has 0 saturated heterocycles. The molecule has 0 atom stereocenters. The number of thioether (sulfide) groups is 1. The summed E-state index contributed by atoms with van der Waals surface area (Å²) in [7, 11) is -3.76. The Morgan fingerprint density at radius 2 is 2.14 bits per heavy atom. The minimum absolute atomic E-state index is 0.0694. The Morgan fingerprint density at radius 3 is 2.62 bits per heavy atom. The number of sulfonamides is 1. The van der Waals surface area contributed by atoms with Crippen LogP contribution in [-0.2, 0) is 10.0 Å². The molecule has 1 N–H and O–H groups in total. The SMILES string of the molecule is CSC1(CNS(=O)(=O)c2cc([N+](=O)[O-])c(Cl)s2)CCCC1. The second-order valence-corrected chi connectivity index (χ2v) is 9.82. The van der Waals surface area contributed by atoms with Gasteiger partial charge in [0.25, 0.3) is 5.69 Å². The molecule has 1 aromatic rings. The molecule has 1 fully saturated rings. The molecule has 1 aliphatic carbocycles. The summed E-state index contributed by atoms with van der Waals surface area (Å²) in [5.74, 6) is 0. The molecule has 1 aliphatic rings. The van der Waals surface area contributed by atoms with E-state index in [4.69, 9.17) is 11.6 Å². The largest absolute Gasteiger partial charge is 0.300 e. The molecule has 0 radical (unpaired) electrons. The van der Waals surface area contributed by atoms with E-state index in [2.05, 4.69) is 4.72 Å². The lowest BCUT2D eigenvalue weighted by molar-refractivity contribution is -0.384. The molecular weight excluding hydrogens is 356 g/mol. The van der Waals surface area contributed by atoms with Gasteiger partial charge in [0.2, 0.25) is 10.0 Å². The first-order chi connectivity index (χ1) is 9.80. The Hall–Kier alpha value is -0.350. The first-order valence-electron chi connectivity index (χ1n) is 6.28. The highest BCUT2D eigenvalue weighted by Gasteiger charge is 2.35. The van der Waals surface area contributed by atoms with Crippen LogP contribution in [-0.4, -0.2) is 30.9 Å². The molecular formula is C11H15ClN2O4S3. The third-order valence-corrected chi connectivity index (χ3v) is 8.27. The Bertz CT molecular complexity index is 638. The predicted molar refractivity (Wildman–Crippen MR) is 85.9 cm³/mol. The van der Waals surface area contributed by atoms with Gasteiger partial charge in [-0.3, -0.25) is 10.1 Å². The van der Waals surface area contributed by atoms with Gasteiger partial charge in [-0.25, -0.2) is 13.1 Å². The van der Waals surface area contributed by atoms with Gasteiger partial charge in [-0.1, -0.05) is 24.4 Å². The van der Waals surface area contributed by atoms with Crippen LogP contribution in [0.25, 0.3) is 0 Å². The average Bonchev–Trinajstić information content (AvgIpc) is 3.04. The molecule has 21 heavy (non-hydrogen) atoms. The maximum absolute atomic E-state index is 12.2. The quantitative estimate of drug-likeness (QED) is 0.613. The number of hydrogen-bond donors (Lipinski definition) is 1. The Balaban J connectivity index is 2.15. The zero-order valence-electron chi connectivity index (χ0n) is 11.3. The van der Waals surface area contributed by atoms with E-state index in [-0.39, 0.29) is 19.0 Å². The molecule has 0 unspecified atom stereocenters. The minimum atomic E-state index is -3.76. The first-order valence-corrected chi connectivity index (χ1v) is 10.2. The van der Waals surface area contributed by atoms with Crippen molar-refractivity contribution in [1.29, 1.82) is 0 Å². The van der Waals surface area contributed by atoms with Gasteiger partial charge < -0.3 is 0 Å². The van der Waals surface area contributed by atoms with E-state index in [0.717, 1.165) is 31.7 Å². The second kappa shape index (κ2) is 6.41. The maximum atomic E-state index is 12.2. The van der Waals surface area contributed by atoms with E-state index in [0.29, 0.717) is 17.9 Å². The molecule has 0 aliphatic heterocycles. The summed E-state index contributed by atoms with van der Waals surface area (Å²) in [6.07, 6.45) is 6.12. The molecule has 1 saturated carbocycles. The fourth-order valence-electron chi connectivity index (χ4n) is 2.37. The van der Waals surface area contributed by atoms with E-state index < -0.39 is 14.9 Å². The van der Waals surface area contributed by atoms with Crippen LogP contribution in [0.2, 0.25) is 4.34 Å². The fraction of sp³-hybridized carbons (Fsp3) is 0.636. The van der Waals surface area contributed by atoms with Gasteiger partial charge in [0.05, 0.1) is 4.92 Å². The highest BCUT2D eigenvalue weighted by molar-refractivity contribution is 8.00. The van der Waals surface area contributed by atoms with E-state index >= 15 is 0 Å². The van der Waals surface area contributed by atoms with Crippen molar-refractivity contribution in [2.75, 3.05) is 12.8 Å². The first kappa shape index (κ1) is 17.0. The number of nitrogens with one attached hydrogen (secondary N) is 1.